The molecule has 0 spiro atoms. The zero-order chi connectivity index (χ0) is 45.8. The molecule has 2 N–H and O–H groups in total. The Labute approximate surface area is 397 Å². The Balaban J connectivity index is 0.000000155. The van der Waals surface area contributed by atoms with Gasteiger partial charge < -0.3 is 28.2 Å². The Morgan fingerprint density at radius 1 is 0.538 bits per heavy atom. The molecular weight excluding hydrogens is 971 g/mol. The first-order valence-electron chi connectivity index (χ1n) is 19.6. The molecule has 324 valence electrons. The number of nitrogens with zero attached hydrogens (tertiary/aromatic N) is 2. The Hall–Kier alpha value is -6.48. The minimum Gasteiger partial charge on any atom is -0.506 e. The molecule has 10 nitrogen and oxygen atoms in total. The lowest BCUT2D eigenvalue weighted by molar-refractivity contribution is 0.446. The van der Waals surface area contributed by atoms with Gasteiger partial charge in [-0.25, -0.2) is 9.59 Å². The van der Waals surface area contributed by atoms with Gasteiger partial charge in [0.25, 0.3) is 11.1 Å². The highest BCUT2D eigenvalue weighted by molar-refractivity contribution is 9.10. The Kier molecular flexibility index (Phi) is 13.7. The third kappa shape index (κ3) is 9.65. The van der Waals surface area contributed by atoms with E-state index in [0.717, 1.165) is 32.8 Å². The molecule has 0 unspecified atom stereocenters. The number of aromatic hydroxyl groups is 2. The lowest BCUT2D eigenvalue weighted by atomic mass is 10.1. The van der Waals surface area contributed by atoms with E-state index in [1.54, 1.807) is 69.8 Å². The number of benzene rings is 6. The first-order valence-corrected chi connectivity index (χ1v) is 22.4. The van der Waals surface area contributed by atoms with Crippen LogP contribution >= 0.6 is 63.5 Å². The summed E-state index contributed by atoms with van der Waals surface area (Å²) in [5, 5.41) is 23.9. The van der Waals surface area contributed by atoms with Crippen molar-refractivity contribution in [2.24, 2.45) is 0 Å². The van der Waals surface area contributed by atoms with Crippen LogP contribution in [0.1, 0.15) is 11.1 Å². The third-order valence-electron chi connectivity index (χ3n) is 10.1. The van der Waals surface area contributed by atoms with Crippen LogP contribution in [0.4, 0.5) is 0 Å². The molecule has 0 aliphatic rings. The van der Waals surface area contributed by atoms with Gasteiger partial charge in [-0.15, -0.1) is 12.6 Å². The van der Waals surface area contributed by atoms with E-state index in [0.29, 0.717) is 44.8 Å². The monoisotopic (exact) mass is 1000 g/mol. The smallest absolute Gasteiger partial charge is 0.354 e. The average Bonchev–Trinajstić information content (AvgIpc) is 3.32. The molecule has 0 bridgehead atoms. The molecule has 6 aromatic carbocycles. The molecule has 0 atom stereocenters. The van der Waals surface area contributed by atoms with Crippen LogP contribution in [0.5, 0.6) is 11.5 Å². The summed E-state index contributed by atoms with van der Waals surface area (Å²) in [5.74, 6) is -0.780. The van der Waals surface area contributed by atoms with Crippen molar-refractivity contribution in [1.82, 2.24) is 9.13 Å². The summed E-state index contributed by atoms with van der Waals surface area (Å²) < 4.78 is 13.9. The van der Waals surface area contributed by atoms with Crippen LogP contribution in [0.3, 0.4) is 0 Å². The molecule has 4 aromatic heterocycles. The van der Waals surface area contributed by atoms with E-state index in [1.165, 1.54) is 0 Å². The minimum atomic E-state index is -0.727. The van der Waals surface area contributed by atoms with Crippen LogP contribution in [0.2, 0.25) is 10.0 Å². The number of hydrogen-bond donors (Lipinski definition) is 3. The molecule has 15 heteroatoms. The molecule has 0 fully saturated rings. The Morgan fingerprint density at radius 2 is 0.954 bits per heavy atom. The second kappa shape index (κ2) is 19.7. The van der Waals surface area contributed by atoms with E-state index in [9.17, 15) is 29.4 Å². The highest BCUT2D eigenvalue weighted by atomic mass is 79.9. The molecule has 0 aliphatic carbocycles. The van der Waals surface area contributed by atoms with Gasteiger partial charge in [0, 0.05) is 30.6 Å². The van der Waals surface area contributed by atoms with Crippen LogP contribution in [-0.2, 0) is 13.1 Å². The van der Waals surface area contributed by atoms with Crippen LogP contribution in [-0.4, -0.2) is 19.3 Å². The molecule has 0 saturated carbocycles. The number of fused-ring (bicyclic) bond motifs is 6. The van der Waals surface area contributed by atoms with Crippen molar-refractivity contribution in [3.05, 3.63) is 225 Å². The van der Waals surface area contributed by atoms with E-state index < -0.39 is 28.1 Å². The van der Waals surface area contributed by atoms with E-state index in [-0.39, 0.29) is 37.1 Å². The fraction of sp³-hybridized carbons (Fsp3) is 0.0400. The Morgan fingerprint density at radius 3 is 1.43 bits per heavy atom. The molecule has 0 saturated heterocycles. The van der Waals surface area contributed by atoms with Crippen molar-refractivity contribution in [3.8, 4) is 11.5 Å². The topological polar surface area (TPSA) is 145 Å². The summed E-state index contributed by atoms with van der Waals surface area (Å²) in [6, 6.07) is 47.6. The van der Waals surface area contributed by atoms with Crippen LogP contribution in [0, 0.1) is 0 Å². The highest BCUT2D eigenvalue weighted by Gasteiger charge is 2.23. The van der Waals surface area contributed by atoms with Gasteiger partial charge in [-0.2, -0.15) is 0 Å². The zero-order valence-electron chi connectivity index (χ0n) is 33.7. The normalized spacial score (nSPS) is 11.0. The summed E-state index contributed by atoms with van der Waals surface area (Å²) in [5.41, 5.74) is 1.03. The van der Waals surface area contributed by atoms with Crippen molar-refractivity contribution >= 4 is 107 Å². The first-order chi connectivity index (χ1) is 31.4. The van der Waals surface area contributed by atoms with Gasteiger partial charge >= 0.3 is 11.3 Å². The maximum atomic E-state index is 13.5. The second-order valence-corrected chi connectivity index (χ2v) is 17.6. The quantitative estimate of drug-likeness (QED) is 0.109. The predicted molar refractivity (Wildman–Crippen MR) is 265 cm³/mol. The highest BCUT2D eigenvalue weighted by Crippen LogP contribution is 2.38. The maximum Gasteiger partial charge on any atom is 0.354 e. The molecule has 0 amide bonds. The fourth-order valence-corrected chi connectivity index (χ4v) is 8.59. The molecule has 10 aromatic rings. The van der Waals surface area contributed by atoms with Gasteiger partial charge in [-0.3, -0.25) is 9.59 Å². The van der Waals surface area contributed by atoms with Crippen molar-refractivity contribution in [1.29, 1.82) is 0 Å². The van der Waals surface area contributed by atoms with Gasteiger partial charge in [-0.05, 0) is 99.9 Å². The van der Waals surface area contributed by atoms with Gasteiger partial charge in [0.15, 0.2) is 22.7 Å². The van der Waals surface area contributed by atoms with Crippen LogP contribution in [0.25, 0.3) is 43.7 Å². The summed E-state index contributed by atoms with van der Waals surface area (Å²) in [7, 11) is 0. The number of hydrogen-bond acceptors (Lipinski definition) is 10. The molecule has 65 heavy (non-hydrogen) atoms. The number of aromatic nitrogens is 2. The maximum absolute atomic E-state index is 13.5. The number of para-hydroxylation sites is 2. The van der Waals surface area contributed by atoms with E-state index in [2.05, 4.69) is 28.6 Å². The van der Waals surface area contributed by atoms with Crippen LogP contribution in [0.15, 0.2) is 205 Å². The molecular formula is C50H33BrCl2N2O8S2. The minimum absolute atomic E-state index is 0.0129. The summed E-state index contributed by atoms with van der Waals surface area (Å²) in [6.45, 7) is 0.653. The molecule has 10 rings (SSSR count). The predicted octanol–water partition coefficient (Wildman–Crippen LogP) is 11.9. The van der Waals surface area contributed by atoms with Gasteiger partial charge in [-0.1, -0.05) is 120 Å². The number of rotatable bonds is 6. The average molecular weight is 1000 g/mol. The first kappa shape index (κ1) is 45.1. The van der Waals surface area contributed by atoms with Gasteiger partial charge in [0.2, 0.25) is 0 Å². The summed E-state index contributed by atoms with van der Waals surface area (Å²) in [4.78, 5) is 52.8. The van der Waals surface area contributed by atoms with Crippen molar-refractivity contribution < 1.29 is 19.0 Å². The largest absolute Gasteiger partial charge is 0.506 e. The zero-order valence-corrected chi connectivity index (χ0v) is 38.5. The number of halogens is 3. The molecule has 0 aliphatic heterocycles. The fourth-order valence-electron chi connectivity index (χ4n) is 7.07. The molecule has 4 heterocycles. The molecule has 0 radical (unpaired) electrons. The summed E-state index contributed by atoms with van der Waals surface area (Å²) in [6.07, 6.45) is 0. The lowest BCUT2D eigenvalue weighted by Gasteiger charge is -2.14. The number of pyridine rings is 2. The van der Waals surface area contributed by atoms with Crippen LogP contribution < -0.4 is 22.4 Å². The van der Waals surface area contributed by atoms with Crippen molar-refractivity contribution in [3.63, 3.8) is 0 Å². The van der Waals surface area contributed by atoms with E-state index >= 15 is 0 Å². The lowest BCUT2D eigenvalue weighted by Crippen LogP contribution is -2.22. The van der Waals surface area contributed by atoms with Gasteiger partial charge in [0.1, 0.15) is 20.1 Å². The summed E-state index contributed by atoms with van der Waals surface area (Å²) >= 11 is 19.6. The van der Waals surface area contributed by atoms with E-state index in [1.807, 2.05) is 97.1 Å². The van der Waals surface area contributed by atoms with Gasteiger partial charge in [0.05, 0.1) is 24.1 Å². The third-order valence-corrected chi connectivity index (χ3v) is 12.7. The van der Waals surface area contributed by atoms with Crippen molar-refractivity contribution in [2.75, 3.05) is 0 Å². The second-order valence-electron chi connectivity index (χ2n) is 14.3. The standard InChI is InChI=1S/C25H16ClNO4S.C19H12BrNO4.C6H5ClS/c26-16-10-12-17(13-11-16)32-23-21(28)20-22(31-25(23)30)18-8-4-5-9-19(18)27(24(20)29)14-15-6-2-1-3-7-15;20-15-16(22)14-17(25-19(15)24)12-8-4-5-9-13(12)21(18(14)23)10-11-6-2-1-3-7-11;7-5-1-3-6(8)4-2-5/h1-13,28H,14H2;1-9,22H,10H2;1-4,8H. The number of thiol groups is 1. The van der Waals surface area contributed by atoms with E-state index in [4.69, 9.17) is 32.0 Å². The Bertz CT molecular complexity index is 3600. The SMILES string of the molecule is O=c1oc2c(c(O)c1Br)c(=O)n(Cc1ccccc1)c1ccccc21.O=c1oc2c(c(O)c1Sc1ccc(Cl)cc1)c(=O)n(Cc1ccccc1)c1ccccc21.Sc1ccc(Cl)cc1. The van der Waals surface area contributed by atoms with Crippen molar-refractivity contribution in [2.45, 2.75) is 27.8 Å².